The smallest absolute Gasteiger partial charge is 0.239 e. The molecule has 7 heteroatoms. The lowest BCUT2D eigenvalue weighted by Crippen LogP contribution is -2.46. The van der Waals surface area contributed by atoms with Gasteiger partial charge >= 0.3 is 0 Å². The molecule has 6 nitrogen and oxygen atoms in total. The Morgan fingerprint density at radius 3 is 2.21 bits per heavy atom. The Balaban J connectivity index is 2.46. The van der Waals surface area contributed by atoms with Crippen molar-refractivity contribution in [2.45, 2.75) is 50.3 Å². The van der Waals surface area contributed by atoms with E-state index in [0.717, 1.165) is 4.90 Å². The Kier molecular flexibility index (Phi) is 7.28. The SMILES string of the molecule is CC(=O)Nc1ccc(SC(C)C(=O)NCC(=O)NC(C)(C)C)cc1. The highest BCUT2D eigenvalue weighted by atomic mass is 32.2. The Morgan fingerprint density at radius 2 is 1.71 bits per heavy atom. The van der Waals surface area contributed by atoms with Crippen LogP contribution in [0.1, 0.15) is 34.6 Å². The fourth-order valence-electron chi connectivity index (χ4n) is 1.85. The Bertz CT molecular complexity index is 594. The zero-order valence-corrected chi connectivity index (χ0v) is 15.5. The summed E-state index contributed by atoms with van der Waals surface area (Å²) in [6, 6.07) is 7.24. The molecule has 0 saturated heterocycles. The van der Waals surface area contributed by atoms with Crippen molar-refractivity contribution in [3.63, 3.8) is 0 Å². The standard InChI is InChI=1S/C17H25N3O3S/c1-11(16(23)18-10-15(22)20-17(3,4)5)24-14-8-6-13(7-9-14)19-12(2)21/h6-9,11H,10H2,1-5H3,(H,18,23)(H,19,21)(H,20,22). The number of anilines is 1. The number of carbonyl (C=O) groups is 3. The van der Waals surface area contributed by atoms with E-state index in [9.17, 15) is 14.4 Å². The molecule has 0 fully saturated rings. The third kappa shape index (κ3) is 8.01. The summed E-state index contributed by atoms with van der Waals surface area (Å²) >= 11 is 1.39. The number of carbonyl (C=O) groups excluding carboxylic acids is 3. The fraction of sp³-hybridized carbons (Fsp3) is 0.471. The average Bonchev–Trinajstić information content (AvgIpc) is 2.44. The van der Waals surface area contributed by atoms with Crippen molar-refractivity contribution in [1.82, 2.24) is 10.6 Å². The molecule has 1 aromatic carbocycles. The van der Waals surface area contributed by atoms with Crippen LogP contribution in [0, 0.1) is 0 Å². The molecule has 1 unspecified atom stereocenters. The molecule has 0 saturated carbocycles. The maximum atomic E-state index is 12.1. The van der Waals surface area contributed by atoms with E-state index in [2.05, 4.69) is 16.0 Å². The van der Waals surface area contributed by atoms with Crippen molar-refractivity contribution in [2.24, 2.45) is 0 Å². The first kappa shape index (κ1) is 20.0. The van der Waals surface area contributed by atoms with E-state index in [0.29, 0.717) is 5.69 Å². The Morgan fingerprint density at radius 1 is 1.12 bits per heavy atom. The maximum Gasteiger partial charge on any atom is 0.239 e. The second-order valence-electron chi connectivity index (χ2n) is 6.48. The third-order valence-electron chi connectivity index (χ3n) is 2.79. The van der Waals surface area contributed by atoms with Crippen LogP contribution in [0.25, 0.3) is 0 Å². The van der Waals surface area contributed by atoms with E-state index in [1.165, 1.54) is 18.7 Å². The highest BCUT2D eigenvalue weighted by molar-refractivity contribution is 8.00. The van der Waals surface area contributed by atoms with Gasteiger partial charge in [0, 0.05) is 23.0 Å². The normalized spacial score (nSPS) is 12.2. The number of nitrogens with one attached hydrogen (secondary N) is 3. The van der Waals surface area contributed by atoms with Crippen LogP contribution >= 0.6 is 11.8 Å². The molecule has 0 aliphatic rings. The van der Waals surface area contributed by atoms with Crippen molar-refractivity contribution in [1.29, 1.82) is 0 Å². The quantitative estimate of drug-likeness (QED) is 0.686. The van der Waals surface area contributed by atoms with Crippen LogP contribution in [0.5, 0.6) is 0 Å². The van der Waals surface area contributed by atoms with Crippen molar-refractivity contribution in [3.05, 3.63) is 24.3 Å². The van der Waals surface area contributed by atoms with Gasteiger partial charge < -0.3 is 16.0 Å². The summed E-state index contributed by atoms with van der Waals surface area (Å²) in [5, 5.41) is 7.78. The van der Waals surface area contributed by atoms with Crippen molar-refractivity contribution in [2.75, 3.05) is 11.9 Å². The number of hydrogen-bond donors (Lipinski definition) is 3. The second-order valence-corrected chi connectivity index (χ2v) is 7.90. The molecular weight excluding hydrogens is 326 g/mol. The second kappa shape index (κ2) is 8.73. The van der Waals surface area contributed by atoms with Crippen molar-refractivity contribution in [3.8, 4) is 0 Å². The molecule has 24 heavy (non-hydrogen) atoms. The molecule has 1 aromatic rings. The van der Waals surface area contributed by atoms with E-state index in [1.54, 1.807) is 19.1 Å². The molecule has 1 rings (SSSR count). The van der Waals surface area contributed by atoms with E-state index in [4.69, 9.17) is 0 Å². The van der Waals surface area contributed by atoms with Gasteiger partial charge in [-0.1, -0.05) is 0 Å². The molecular formula is C17H25N3O3S. The van der Waals surface area contributed by atoms with Gasteiger partial charge in [0.2, 0.25) is 17.7 Å². The van der Waals surface area contributed by atoms with E-state index < -0.39 is 0 Å². The molecule has 3 N–H and O–H groups in total. The van der Waals surface area contributed by atoms with Gasteiger partial charge in [-0.05, 0) is 52.0 Å². The summed E-state index contributed by atoms with van der Waals surface area (Å²) in [5.41, 5.74) is 0.389. The van der Waals surface area contributed by atoms with E-state index in [1.807, 2.05) is 32.9 Å². The number of amides is 3. The molecule has 3 amide bonds. The molecule has 1 atom stereocenters. The van der Waals surface area contributed by atoms with Crippen molar-refractivity contribution >= 4 is 35.2 Å². The summed E-state index contributed by atoms with van der Waals surface area (Å²) in [5.74, 6) is -0.542. The van der Waals surface area contributed by atoms with E-state index in [-0.39, 0.29) is 35.1 Å². The number of benzene rings is 1. The summed E-state index contributed by atoms with van der Waals surface area (Å²) in [6.07, 6.45) is 0. The minimum Gasteiger partial charge on any atom is -0.350 e. The van der Waals surface area contributed by atoms with Crippen LogP contribution in [-0.4, -0.2) is 35.1 Å². The minimum atomic E-state index is -0.334. The van der Waals surface area contributed by atoms with Gasteiger partial charge in [0.25, 0.3) is 0 Å². The maximum absolute atomic E-state index is 12.1. The van der Waals surface area contributed by atoms with Crippen LogP contribution in [0.2, 0.25) is 0 Å². The number of hydrogen-bond acceptors (Lipinski definition) is 4. The lowest BCUT2D eigenvalue weighted by atomic mass is 10.1. The van der Waals surface area contributed by atoms with Crippen LogP contribution in [0.15, 0.2) is 29.2 Å². The third-order valence-corrected chi connectivity index (χ3v) is 3.91. The summed E-state index contributed by atoms with van der Waals surface area (Å²) in [6.45, 7) is 8.85. The first-order valence-electron chi connectivity index (χ1n) is 7.70. The zero-order chi connectivity index (χ0) is 18.3. The monoisotopic (exact) mass is 351 g/mol. The lowest BCUT2D eigenvalue weighted by Gasteiger charge is -2.21. The summed E-state index contributed by atoms with van der Waals surface area (Å²) in [4.78, 5) is 35.6. The predicted molar refractivity (Wildman–Crippen MR) is 97.0 cm³/mol. The highest BCUT2D eigenvalue weighted by Gasteiger charge is 2.17. The molecule has 0 heterocycles. The molecule has 132 valence electrons. The highest BCUT2D eigenvalue weighted by Crippen LogP contribution is 2.24. The van der Waals surface area contributed by atoms with Crippen LogP contribution in [0.4, 0.5) is 5.69 Å². The van der Waals surface area contributed by atoms with Gasteiger partial charge in [-0.15, -0.1) is 11.8 Å². The predicted octanol–water partition coefficient (Wildman–Crippen LogP) is 2.16. The van der Waals surface area contributed by atoms with Gasteiger partial charge in [0.05, 0.1) is 11.8 Å². The van der Waals surface area contributed by atoms with Crippen molar-refractivity contribution < 1.29 is 14.4 Å². The van der Waals surface area contributed by atoms with Gasteiger partial charge in [0.1, 0.15) is 0 Å². The molecule has 0 spiro atoms. The first-order valence-corrected chi connectivity index (χ1v) is 8.58. The molecule has 0 radical (unpaired) electrons. The van der Waals surface area contributed by atoms with E-state index >= 15 is 0 Å². The fourth-order valence-corrected chi connectivity index (χ4v) is 2.74. The van der Waals surface area contributed by atoms with Gasteiger partial charge in [-0.25, -0.2) is 0 Å². The van der Waals surface area contributed by atoms with Gasteiger partial charge in [0.15, 0.2) is 0 Å². The zero-order valence-electron chi connectivity index (χ0n) is 14.7. The lowest BCUT2D eigenvalue weighted by molar-refractivity contribution is -0.126. The summed E-state index contributed by atoms with van der Waals surface area (Å²) in [7, 11) is 0. The average molecular weight is 351 g/mol. The van der Waals surface area contributed by atoms with Gasteiger partial charge in [-0.2, -0.15) is 0 Å². The Labute approximate surface area is 147 Å². The van der Waals surface area contributed by atoms with Crippen LogP contribution in [0.3, 0.4) is 0 Å². The number of thioether (sulfide) groups is 1. The van der Waals surface area contributed by atoms with Crippen LogP contribution in [-0.2, 0) is 14.4 Å². The topological polar surface area (TPSA) is 87.3 Å². The Hall–Kier alpha value is -2.02. The molecule has 0 aliphatic heterocycles. The minimum absolute atomic E-state index is 0.0392. The molecule has 0 bridgehead atoms. The molecule has 0 aromatic heterocycles. The largest absolute Gasteiger partial charge is 0.350 e. The molecule has 0 aliphatic carbocycles. The first-order chi connectivity index (χ1) is 11.1. The van der Waals surface area contributed by atoms with Crippen LogP contribution < -0.4 is 16.0 Å². The summed E-state index contributed by atoms with van der Waals surface area (Å²) < 4.78 is 0. The number of rotatable bonds is 6. The van der Waals surface area contributed by atoms with Gasteiger partial charge in [-0.3, -0.25) is 14.4 Å².